The number of carbonyl (C=O) groups excluding carboxylic acids is 1. The first-order valence-corrected chi connectivity index (χ1v) is 7.34. The van der Waals surface area contributed by atoms with E-state index in [1.807, 2.05) is 13.8 Å². The van der Waals surface area contributed by atoms with Crippen LogP contribution in [-0.4, -0.2) is 54.7 Å². The van der Waals surface area contributed by atoms with E-state index in [1.54, 1.807) is 0 Å². The lowest BCUT2D eigenvalue weighted by Crippen LogP contribution is -2.56. The second-order valence-electron chi connectivity index (χ2n) is 5.72. The molecule has 1 rings (SSSR count). The summed E-state index contributed by atoms with van der Waals surface area (Å²) in [5.41, 5.74) is 5.88. The van der Waals surface area contributed by atoms with Crippen LogP contribution >= 0.6 is 0 Å². The Morgan fingerprint density at radius 2 is 2.21 bits per heavy atom. The van der Waals surface area contributed by atoms with Gasteiger partial charge in [-0.2, -0.15) is 0 Å². The summed E-state index contributed by atoms with van der Waals surface area (Å²) in [7, 11) is 0. The van der Waals surface area contributed by atoms with Crippen molar-refractivity contribution in [3.8, 4) is 0 Å². The van der Waals surface area contributed by atoms with Crippen LogP contribution in [0.15, 0.2) is 0 Å². The molecule has 1 aliphatic heterocycles. The van der Waals surface area contributed by atoms with Crippen molar-refractivity contribution in [1.29, 1.82) is 0 Å². The smallest absolute Gasteiger partial charge is 0.221 e. The summed E-state index contributed by atoms with van der Waals surface area (Å²) in [6.45, 7) is 10.3. The molecule has 1 fully saturated rings. The molecule has 0 saturated carbocycles. The van der Waals surface area contributed by atoms with E-state index in [-0.39, 0.29) is 24.1 Å². The Hall–Kier alpha value is -0.650. The highest BCUT2D eigenvalue weighted by molar-refractivity contribution is 5.76. The lowest BCUT2D eigenvalue weighted by Gasteiger charge is -2.42. The van der Waals surface area contributed by atoms with Crippen LogP contribution in [-0.2, 0) is 9.53 Å². The number of rotatable bonds is 6. The number of hydrogen-bond acceptors (Lipinski definition) is 4. The van der Waals surface area contributed by atoms with Gasteiger partial charge in [0.1, 0.15) is 0 Å². The molecule has 5 heteroatoms. The molecule has 0 aromatic carbocycles. The fraction of sp³-hybridized carbons (Fsp3) is 0.929. The Balaban J connectivity index is 2.62. The summed E-state index contributed by atoms with van der Waals surface area (Å²) >= 11 is 0. The number of nitrogens with two attached hydrogens (primary N) is 1. The van der Waals surface area contributed by atoms with E-state index < -0.39 is 0 Å². The van der Waals surface area contributed by atoms with E-state index in [0.29, 0.717) is 19.0 Å². The van der Waals surface area contributed by atoms with Gasteiger partial charge in [0.15, 0.2) is 0 Å². The third kappa shape index (κ3) is 5.09. The van der Waals surface area contributed by atoms with E-state index in [9.17, 15) is 4.79 Å². The predicted molar refractivity (Wildman–Crippen MR) is 76.9 cm³/mol. The minimum Gasteiger partial charge on any atom is -0.376 e. The maximum absolute atomic E-state index is 11.9. The first kappa shape index (κ1) is 16.4. The van der Waals surface area contributed by atoms with Crippen molar-refractivity contribution in [1.82, 2.24) is 10.2 Å². The number of nitrogens with zero attached hydrogens (tertiary/aromatic N) is 1. The predicted octanol–water partition coefficient (Wildman–Crippen LogP) is 0.728. The fourth-order valence-electron chi connectivity index (χ4n) is 2.60. The minimum absolute atomic E-state index is 0.0828. The minimum atomic E-state index is 0.0828. The molecule has 1 saturated heterocycles. The Morgan fingerprint density at radius 1 is 1.53 bits per heavy atom. The second-order valence-corrected chi connectivity index (χ2v) is 5.72. The van der Waals surface area contributed by atoms with Gasteiger partial charge in [-0.25, -0.2) is 0 Å². The van der Waals surface area contributed by atoms with Gasteiger partial charge in [-0.1, -0.05) is 6.92 Å². The normalized spacial score (nSPS) is 26.4. The third-order valence-corrected chi connectivity index (χ3v) is 3.59. The summed E-state index contributed by atoms with van der Waals surface area (Å²) < 4.78 is 5.69. The Labute approximate surface area is 116 Å². The summed E-state index contributed by atoms with van der Waals surface area (Å²) in [6, 6.07) is 0.656. The molecule has 3 unspecified atom stereocenters. The molecular formula is C14H29N3O2. The van der Waals surface area contributed by atoms with Crippen molar-refractivity contribution < 1.29 is 9.53 Å². The quantitative estimate of drug-likeness (QED) is 0.747. The average molecular weight is 271 g/mol. The van der Waals surface area contributed by atoms with Crippen LogP contribution in [0.2, 0.25) is 0 Å². The number of morpholine rings is 1. The largest absolute Gasteiger partial charge is 0.376 e. The van der Waals surface area contributed by atoms with Gasteiger partial charge >= 0.3 is 0 Å². The molecular weight excluding hydrogens is 242 g/mol. The Kier molecular flexibility index (Phi) is 6.75. The molecule has 0 spiro atoms. The molecule has 0 radical (unpaired) electrons. The maximum atomic E-state index is 11.9. The lowest BCUT2D eigenvalue weighted by molar-refractivity contribution is -0.125. The molecule has 0 aromatic heterocycles. The van der Waals surface area contributed by atoms with Crippen molar-refractivity contribution in [2.75, 3.05) is 19.7 Å². The monoisotopic (exact) mass is 271 g/mol. The third-order valence-electron chi connectivity index (χ3n) is 3.59. The van der Waals surface area contributed by atoms with Crippen molar-refractivity contribution in [2.45, 2.75) is 64.8 Å². The zero-order chi connectivity index (χ0) is 14.4. The molecule has 0 bridgehead atoms. The molecule has 1 amide bonds. The number of amides is 1. The first-order chi connectivity index (χ1) is 8.97. The summed E-state index contributed by atoms with van der Waals surface area (Å²) in [5, 5.41) is 2.94. The zero-order valence-electron chi connectivity index (χ0n) is 12.7. The van der Waals surface area contributed by atoms with Gasteiger partial charge in [0.2, 0.25) is 5.91 Å². The fourth-order valence-corrected chi connectivity index (χ4v) is 2.60. The SMILES string of the molecule is CCC1COC(C)CN1C(CN)CC(=O)NC(C)C. The van der Waals surface area contributed by atoms with Gasteiger partial charge in [0, 0.05) is 37.6 Å². The van der Waals surface area contributed by atoms with E-state index in [4.69, 9.17) is 10.5 Å². The van der Waals surface area contributed by atoms with Gasteiger partial charge in [-0.3, -0.25) is 9.69 Å². The van der Waals surface area contributed by atoms with E-state index in [1.165, 1.54) is 0 Å². The summed E-state index contributed by atoms with van der Waals surface area (Å²) in [6.07, 6.45) is 1.71. The second kappa shape index (κ2) is 7.82. The standard InChI is InChI=1S/C14H29N3O2/c1-5-12-9-19-11(4)8-17(12)13(7-15)6-14(18)16-10(2)3/h10-13H,5-9,15H2,1-4H3,(H,16,18). The molecule has 0 aromatic rings. The average Bonchev–Trinajstić information content (AvgIpc) is 2.35. The highest BCUT2D eigenvalue weighted by atomic mass is 16.5. The van der Waals surface area contributed by atoms with Gasteiger partial charge in [0.25, 0.3) is 0 Å². The number of ether oxygens (including phenoxy) is 1. The van der Waals surface area contributed by atoms with Gasteiger partial charge in [0.05, 0.1) is 12.7 Å². The Bertz CT molecular complexity index is 284. The molecule has 0 aliphatic carbocycles. The van der Waals surface area contributed by atoms with Crippen LogP contribution in [0.25, 0.3) is 0 Å². The van der Waals surface area contributed by atoms with Crippen LogP contribution < -0.4 is 11.1 Å². The van der Waals surface area contributed by atoms with Crippen molar-refractivity contribution >= 4 is 5.91 Å². The molecule has 112 valence electrons. The highest BCUT2D eigenvalue weighted by Crippen LogP contribution is 2.18. The molecule has 19 heavy (non-hydrogen) atoms. The number of hydrogen-bond donors (Lipinski definition) is 2. The van der Waals surface area contributed by atoms with Crippen LogP contribution in [0.3, 0.4) is 0 Å². The molecule has 1 heterocycles. The van der Waals surface area contributed by atoms with Crippen molar-refractivity contribution in [3.05, 3.63) is 0 Å². The molecule has 3 N–H and O–H groups in total. The van der Waals surface area contributed by atoms with Crippen molar-refractivity contribution in [2.24, 2.45) is 5.73 Å². The maximum Gasteiger partial charge on any atom is 0.221 e. The van der Waals surface area contributed by atoms with Gasteiger partial charge in [-0.15, -0.1) is 0 Å². The highest BCUT2D eigenvalue weighted by Gasteiger charge is 2.31. The van der Waals surface area contributed by atoms with E-state index in [2.05, 4.69) is 24.1 Å². The van der Waals surface area contributed by atoms with E-state index >= 15 is 0 Å². The van der Waals surface area contributed by atoms with Gasteiger partial charge in [-0.05, 0) is 27.2 Å². The number of nitrogens with one attached hydrogen (secondary N) is 1. The topological polar surface area (TPSA) is 67.6 Å². The summed E-state index contributed by atoms with van der Waals surface area (Å²) in [4.78, 5) is 14.3. The summed E-state index contributed by atoms with van der Waals surface area (Å²) in [5.74, 6) is 0.0828. The lowest BCUT2D eigenvalue weighted by atomic mass is 10.0. The van der Waals surface area contributed by atoms with Crippen LogP contribution in [0.4, 0.5) is 0 Å². The van der Waals surface area contributed by atoms with E-state index in [0.717, 1.165) is 19.6 Å². The Morgan fingerprint density at radius 3 is 2.74 bits per heavy atom. The van der Waals surface area contributed by atoms with Crippen LogP contribution in [0, 0.1) is 0 Å². The molecule has 1 aliphatic rings. The van der Waals surface area contributed by atoms with Crippen LogP contribution in [0.5, 0.6) is 0 Å². The van der Waals surface area contributed by atoms with Crippen LogP contribution in [0.1, 0.15) is 40.5 Å². The van der Waals surface area contributed by atoms with Gasteiger partial charge < -0.3 is 15.8 Å². The number of carbonyl (C=O) groups is 1. The molecule has 3 atom stereocenters. The zero-order valence-corrected chi connectivity index (χ0v) is 12.7. The first-order valence-electron chi connectivity index (χ1n) is 7.34. The van der Waals surface area contributed by atoms with Crippen molar-refractivity contribution in [3.63, 3.8) is 0 Å². The molecule has 5 nitrogen and oxygen atoms in total.